The van der Waals surface area contributed by atoms with Crippen molar-refractivity contribution < 1.29 is 14.3 Å². The first kappa shape index (κ1) is 13.3. The normalized spacial score (nSPS) is 11.4. The molecule has 17 heavy (non-hydrogen) atoms. The number of benzene rings is 1. The van der Waals surface area contributed by atoms with Gasteiger partial charge in [-0.2, -0.15) is 5.26 Å². The fourth-order valence-corrected chi connectivity index (χ4v) is 1.39. The van der Waals surface area contributed by atoms with Gasteiger partial charge in [0.15, 0.2) is 6.10 Å². The van der Waals surface area contributed by atoms with Crippen molar-refractivity contribution >= 4 is 17.6 Å². The molecule has 4 nitrogen and oxygen atoms in total. The molecule has 90 valence electrons. The van der Waals surface area contributed by atoms with Crippen LogP contribution in [0.1, 0.15) is 19.4 Å². The molecular weight excluding hydrogens is 242 g/mol. The second kappa shape index (κ2) is 6.12. The van der Waals surface area contributed by atoms with Crippen LogP contribution in [-0.2, 0) is 9.53 Å². The van der Waals surface area contributed by atoms with E-state index in [0.29, 0.717) is 22.9 Å². The molecule has 0 saturated heterocycles. The van der Waals surface area contributed by atoms with E-state index in [0.717, 1.165) is 0 Å². The topological polar surface area (TPSA) is 59.3 Å². The van der Waals surface area contributed by atoms with E-state index in [2.05, 4.69) is 0 Å². The van der Waals surface area contributed by atoms with Crippen LogP contribution in [-0.4, -0.2) is 18.7 Å². The lowest BCUT2D eigenvalue weighted by molar-refractivity contribution is -0.150. The molecule has 1 aromatic rings. The van der Waals surface area contributed by atoms with Crippen molar-refractivity contribution in [2.24, 2.45) is 0 Å². The molecule has 1 aromatic carbocycles. The summed E-state index contributed by atoms with van der Waals surface area (Å²) >= 11 is 5.91. The molecule has 0 spiro atoms. The van der Waals surface area contributed by atoms with Crippen molar-refractivity contribution in [3.05, 3.63) is 28.8 Å². The van der Waals surface area contributed by atoms with E-state index in [-0.39, 0.29) is 0 Å². The molecule has 1 atom stereocenters. The van der Waals surface area contributed by atoms with Crippen LogP contribution in [0.5, 0.6) is 5.75 Å². The van der Waals surface area contributed by atoms with E-state index in [1.54, 1.807) is 26.0 Å². The van der Waals surface area contributed by atoms with Crippen LogP contribution < -0.4 is 4.74 Å². The monoisotopic (exact) mass is 253 g/mol. The number of nitriles is 1. The SMILES string of the molecule is CCOC(=O)C(C)Oc1ccc(C#N)cc1Cl. The maximum Gasteiger partial charge on any atom is 0.347 e. The highest BCUT2D eigenvalue weighted by molar-refractivity contribution is 6.32. The van der Waals surface area contributed by atoms with E-state index >= 15 is 0 Å². The Morgan fingerprint density at radius 2 is 2.29 bits per heavy atom. The molecule has 0 amide bonds. The van der Waals surface area contributed by atoms with Gasteiger partial charge in [-0.1, -0.05) is 11.6 Å². The van der Waals surface area contributed by atoms with Crippen LogP contribution in [0.25, 0.3) is 0 Å². The average Bonchev–Trinajstić information content (AvgIpc) is 2.31. The van der Waals surface area contributed by atoms with Crippen LogP contribution in [0.3, 0.4) is 0 Å². The molecule has 0 saturated carbocycles. The van der Waals surface area contributed by atoms with Crippen LogP contribution >= 0.6 is 11.6 Å². The van der Waals surface area contributed by atoms with E-state index in [1.807, 2.05) is 6.07 Å². The number of nitrogens with zero attached hydrogens (tertiary/aromatic N) is 1. The van der Waals surface area contributed by atoms with E-state index in [1.165, 1.54) is 6.07 Å². The Morgan fingerprint density at radius 3 is 2.82 bits per heavy atom. The molecule has 0 aliphatic rings. The first-order chi connectivity index (χ1) is 8.08. The Bertz CT molecular complexity index is 454. The summed E-state index contributed by atoms with van der Waals surface area (Å²) in [6, 6.07) is 6.56. The quantitative estimate of drug-likeness (QED) is 0.774. The lowest BCUT2D eigenvalue weighted by Crippen LogP contribution is -2.26. The van der Waals surface area contributed by atoms with Crippen molar-refractivity contribution in [1.82, 2.24) is 0 Å². The molecule has 0 aromatic heterocycles. The van der Waals surface area contributed by atoms with Gasteiger partial charge >= 0.3 is 5.97 Å². The maximum absolute atomic E-state index is 11.3. The van der Waals surface area contributed by atoms with Gasteiger partial charge in [0, 0.05) is 0 Å². The Balaban J connectivity index is 2.75. The van der Waals surface area contributed by atoms with Gasteiger partial charge in [0.2, 0.25) is 0 Å². The van der Waals surface area contributed by atoms with E-state index in [9.17, 15) is 4.79 Å². The lowest BCUT2D eigenvalue weighted by atomic mass is 10.2. The van der Waals surface area contributed by atoms with Gasteiger partial charge in [-0.25, -0.2) is 4.79 Å². The van der Waals surface area contributed by atoms with Crippen molar-refractivity contribution in [2.75, 3.05) is 6.61 Å². The third kappa shape index (κ3) is 3.65. The highest BCUT2D eigenvalue weighted by Gasteiger charge is 2.17. The minimum atomic E-state index is -0.736. The molecule has 1 unspecified atom stereocenters. The zero-order chi connectivity index (χ0) is 12.8. The molecule has 0 bridgehead atoms. The Morgan fingerprint density at radius 1 is 1.59 bits per heavy atom. The molecule has 1 rings (SSSR count). The number of hydrogen-bond acceptors (Lipinski definition) is 4. The molecule has 0 aliphatic carbocycles. The van der Waals surface area contributed by atoms with Crippen LogP contribution in [0.15, 0.2) is 18.2 Å². The van der Waals surface area contributed by atoms with Crippen LogP contribution in [0.2, 0.25) is 5.02 Å². The Labute approximate surface area is 105 Å². The smallest absolute Gasteiger partial charge is 0.347 e. The summed E-state index contributed by atoms with van der Waals surface area (Å²) in [5, 5.41) is 8.96. The maximum atomic E-state index is 11.3. The van der Waals surface area contributed by atoms with Gasteiger partial charge in [-0.15, -0.1) is 0 Å². The Kier molecular flexibility index (Phi) is 4.80. The zero-order valence-corrected chi connectivity index (χ0v) is 10.3. The highest BCUT2D eigenvalue weighted by Crippen LogP contribution is 2.26. The third-order valence-electron chi connectivity index (χ3n) is 1.98. The number of rotatable bonds is 4. The predicted molar refractivity (Wildman–Crippen MR) is 62.9 cm³/mol. The summed E-state index contributed by atoms with van der Waals surface area (Å²) in [6.45, 7) is 3.60. The van der Waals surface area contributed by atoms with Gasteiger partial charge in [0.1, 0.15) is 5.75 Å². The third-order valence-corrected chi connectivity index (χ3v) is 2.28. The molecule has 0 heterocycles. The van der Waals surface area contributed by atoms with Gasteiger partial charge < -0.3 is 9.47 Å². The molecule has 5 heteroatoms. The second-order valence-corrected chi connectivity index (χ2v) is 3.68. The minimum absolute atomic E-state index is 0.292. The largest absolute Gasteiger partial charge is 0.477 e. The predicted octanol–water partition coefficient (Wildman–Crippen LogP) is 2.54. The van der Waals surface area contributed by atoms with Crippen molar-refractivity contribution in [3.63, 3.8) is 0 Å². The average molecular weight is 254 g/mol. The summed E-state index contributed by atoms with van der Waals surface area (Å²) in [4.78, 5) is 11.3. The molecule has 0 radical (unpaired) electrons. The summed E-state index contributed by atoms with van der Waals surface area (Å²) in [5.41, 5.74) is 0.436. The molecule has 0 aliphatic heterocycles. The molecule has 0 N–H and O–H groups in total. The van der Waals surface area contributed by atoms with Gasteiger partial charge in [0.25, 0.3) is 0 Å². The summed E-state index contributed by atoms with van der Waals surface area (Å²) in [6.07, 6.45) is -0.736. The van der Waals surface area contributed by atoms with Crippen molar-refractivity contribution in [2.45, 2.75) is 20.0 Å². The summed E-state index contributed by atoms with van der Waals surface area (Å²) in [7, 11) is 0. The number of carbonyl (C=O) groups excluding carboxylic acids is 1. The highest BCUT2D eigenvalue weighted by atomic mass is 35.5. The summed E-state index contributed by atoms with van der Waals surface area (Å²) in [5.74, 6) is -0.0980. The van der Waals surface area contributed by atoms with E-state index < -0.39 is 12.1 Å². The van der Waals surface area contributed by atoms with Crippen LogP contribution in [0.4, 0.5) is 0 Å². The number of hydrogen-bond donors (Lipinski definition) is 0. The van der Waals surface area contributed by atoms with Crippen LogP contribution in [0, 0.1) is 11.3 Å². The molecule has 0 fully saturated rings. The number of esters is 1. The van der Waals surface area contributed by atoms with Gasteiger partial charge in [0.05, 0.1) is 23.3 Å². The van der Waals surface area contributed by atoms with Gasteiger partial charge in [-0.05, 0) is 32.0 Å². The van der Waals surface area contributed by atoms with Gasteiger partial charge in [-0.3, -0.25) is 0 Å². The lowest BCUT2D eigenvalue weighted by Gasteiger charge is -2.14. The first-order valence-electron chi connectivity index (χ1n) is 5.11. The number of ether oxygens (including phenoxy) is 2. The zero-order valence-electron chi connectivity index (χ0n) is 9.57. The van der Waals surface area contributed by atoms with Crippen molar-refractivity contribution in [3.8, 4) is 11.8 Å². The fourth-order valence-electron chi connectivity index (χ4n) is 1.16. The Hall–Kier alpha value is -1.73. The number of halogens is 1. The fraction of sp³-hybridized carbons (Fsp3) is 0.333. The summed E-state index contributed by atoms with van der Waals surface area (Å²) < 4.78 is 10.1. The molecular formula is C12H12ClNO3. The minimum Gasteiger partial charge on any atom is -0.477 e. The number of carbonyl (C=O) groups is 1. The van der Waals surface area contributed by atoms with Crippen molar-refractivity contribution in [1.29, 1.82) is 5.26 Å². The second-order valence-electron chi connectivity index (χ2n) is 3.27. The van der Waals surface area contributed by atoms with E-state index in [4.69, 9.17) is 26.3 Å². The first-order valence-corrected chi connectivity index (χ1v) is 5.49. The standard InChI is InChI=1S/C12H12ClNO3/c1-3-16-12(15)8(2)17-11-5-4-9(7-14)6-10(11)13/h4-6,8H,3H2,1-2H3.